The van der Waals surface area contributed by atoms with Gasteiger partial charge in [-0.25, -0.2) is 4.99 Å². The van der Waals surface area contributed by atoms with Crippen LogP contribution < -0.4 is 24.8 Å². The normalized spacial score (nSPS) is 11.0. The van der Waals surface area contributed by atoms with E-state index in [1.54, 1.807) is 21.3 Å². The molecule has 0 spiro atoms. The molecule has 156 valence electrons. The summed E-state index contributed by atoms with van der Waals surface area (Å²) in [5.74, 6) is 2.66. The van der Waals surface area contributed by atoms with Gasteiger partial charge in [-0.05, 0) is 37.7 Å². The second-order valence-corrected chi connectivity index (χ2v) is 5.68. The number of nitrogens with zero attached hydrogens (tertiary/aromatic N) is 2. The zero-order valence-electron chi connectivity index (χ0n) is 17.4. The lowest BCUT2D eigenvalue weighted by Gasteiger charge is -2.19. The lowest BCUT2D eigenvalue weighted by atomic mass is 10.2. The average molecular weight is 494 g/mol. The predicted octanol–water partition coefficient (Wildman–Crippen LogP) is 2.73. The first-order valence-electron chi connectivity index (χ1n) is 9.16. The van der Waals surface area contributed by atoms with Crippen molar-refractivity contribution >= 4 is 29.9 Å². The van der Waals surface area contributed by atoms with Crippen LogP contribution in [0.1, 0.15) is 26.3 Å². The summed E-state index contributed by atoms with van der Waals surface area (Å²) in [4.78, 5) is 7.03. The molecule has 1 aromatic carbocycles. The van der Waals surface area contributed by atoms with Crippen molar-refractivity contribution in [3.05, 3.63) is 17.7 Å². The van der Waals surface area contributed by atoms with Gasteiger partial charge in [0.15, 0.2) is 17.5 Å². The smallest absolute Gasteiger partial charge is 0.203 e. The molecular weight excluding hydrogens is 459 g/mol. The molecule has 27 heavy (non-hydrogen) atoms. The van der Waals surface area contributed by atoms with Crippen LogP contribution in [0.25, 0.3) is 0 Å². The van der Waals surface area contributed by atoms with Crippen molar-refractivity contribution in [3.63, 3.8) is 0 Å². The molecule has 7 nitrogen and oxygen atoms in total. The third kappa shape index (κ3) is 8.42. The van der Waals surface area contributed by atoms with Crippen LogP contribution in [0.3, 0.4) is 0 Å². The van der Waals surface area contributed by atoms with Crippen molar-refractivity contribution in [2.45, 2.75) is 27.3 Å². The first-order valence-corrected chi connectivity index (χ1v) is 9.16. The number of halogens is 1. The number of likely N-dealkylation sites (N-methyl/N-ethyl adjacent to an activating group) is 1. The number of ether oxygens (including phenoxy) is 3. The Morgan fingerprint density at radius 2 is 1.56 bits per heavy atom. The standard InChI is InChI=1S/C19H34N4O3.HI/c1-7-20-19(21-10-11-23(8-2)9-3)22-14-15-12-16(24-4)18(26-6)17(13-15)25-5;/h12-13H,7-11,14H2,1-6H3,(H2,20,21,22);1H. The highest BCUT2D eigenvalue weighted by atomic mass is 127. The Hall–Kier alpha value is -1.42. The van der Waals surface area contributed by atoms with Gasteiger partial charge in [-0.3, -0.25) is 0 Å². The average Bonchev–Trinajstić information content (AvgIpc) is 2.68. The van der Waals surface area contributed by atoms with Gasteiger partial charge in [0.25, 0.3) is 0 Å². The lowest BCUT2D eigenvalue weighted by Crippen LogP contribution is -2.41. The maximum Gasteiger partial charge on any atom is 0.203 e. The Balaban J connectivity index is 0.00000676. The minimum Gasteiger partial charge on any atom is -0.493 e. The van der Waals surface area contributed by atoms with E-state index in [1.165, 1.54) is 0 Å². The number of hydrogen-bond donors (Lipinski definition) is 2. The molecule has 0 amide bonds. The number of nitrogens with one attached hydrogen (secondary N) is 2. The summed E-state index contributed by atoms with van der Waals surface area (Å²) in [6, 6.07) is 3.84. The minimum absolute atomic E-state index is 0. The fourth-order valence-corrected chi connectivity index (χ4v) is 2.61. The molecular formula is C19H35IN4O3. The van der Waals surface area contributed by atoms with Gasteiger partial charge in [0.2, 0.25) is 5.75 Å². The molecule has 0 saturated heterocycles. The largest absolute Gasteiger partial charge is 0.493 e. The van der Waals surface area contributed by atoms with Crippen LogP contribution in [0.15, 0.2) is 17.1 Å². The van der Waals surface area contributed by atoms with Crippen LogP contribution in [0.2, 0.25) is 0 Å². The van der Waals surface area contributed by atoms with Crippen LogP contribution >= 0.6 is 24.0 Å². The van der Waals surface area contributed by atoms with E-state index in [4.69, 9.17) is 14.2 Å². The topological polar surface area (TPSA) is 67.4 Å². The molecule has 0 radical (unpaired) electrons. The van der Waals surface area contributed by atoms with Crippen molar-refractivity contribution in [1.82, 2.24) is 15.5 Å². The molecule has 0 atom stereocenters. The fourth-order valence-electron chi connectivity index (χ4n) is 2.61. The number of hydrogen-bond acceptors (Lipinski definition) is 5. The van der Waals surface area contributed by atoms with Crippen LogP contribution in [0.5, 0.6) is 17.2 Å². The minimum atomic E-state index is 0. The molecule has 0 heterocycles. The maximum atomic E-state index is 5.40. The third-order valence-corrected chi connectivity index (χ3v) is 4.10. The molecule has 1 rings (SSSR count). The van der Waals surface area contributed by atoms with Crippen LogP contribution in [0.4, 0.5) is 0 Å². The number of benzene rings is 1. The van der Waals surface area contributed by atoms with Crippen LogP contribution in [0, 0.1) is 0 Å². The van der Waals surface area contributed by atoms with Gasteiger partial charge >= 0.3 is 0 Å². The predicted molar refractivity (Wildman–Crippen MR) is 122 cm³/mol. The third-order valence-electron chi connectivity index (χ3n) is 4.10. The summed E-state index contributed by atoms with van der Waals surface area (Å²) in [6.45, 7) is 11.7. The van der Waals surface area contributed by atoms with Crippen molar-refractivity contribution in [2.75, 3.05) is 54.1 Å². The second-order valence-electron chi connectivity index (χ2n) is 5.68. The molecule has 0 aliphatic carbocycles. The molecule has 0 bridgehead atoms. The lowest BCUT2D eigenvalue weighted by molar-refractivity contribution is 0.308. The van der Waals surface area contributed by atoms with E-state index >= 15 is 0 Å². The number of rotatable bonds is 11. The van der Waals surface area contributed by atoms with Crippen molar-refractivity contribution in [1.29, 1.82) is 0 Å². The maximum absolute atomic E-state index is 5.40. The molecule has 0 aliphatic rings. The molecule has 0 unspecified atom stereocenters. The van der Waals surface area contributed by atoms with E-state index in [1.807, 2.05) is 12.1 Å². The molecule has 1 aromatic rings. The molecule has 0 saturated carbocycles. The highest BCUT2D eigenvalue weighted by molar-refractivity contribution is 14.0. The Morgan fingerprint density at radius 1 is 0.963 bits per heavy atom. The van der Waals surface area contributed by atoms with Gasteiger partial charge in [0.1, 0.15) is 0 Å². The molecule has 2 N–H and O–H groups in total. The SMILES string of the molecule is CCNC(=NCc1cc(OC)c(OC)c(OC)c1)NCCN(CC)CC.I. The second kappa shape index (κ2) is 14.6. The highest BCUT2D eigenvalue weighted by Crippen LogP contribution is 2.38. The Bertz CT molecular complexity index is 541. The summed E-state index contributed by atoms with van der Waals surface area (Å²) in [6.07, 6.45) is 0. The first kappa shape index (κ1) is 25.6. The van der Waals surface area contributed by atoms with E-state index in [0.29, 0.717) is 23.8 Å². The monoisotopic (exact) mass is 494 g/mol. The Kier molecular flexibility index (Phi) is 13.8. The van der Waals surface area contributed by atoms with Crippen molar-refractivity contribution < 1.29 is 14.2 Å². The van der Waals surface area contributed by atoms with E-state index in [2.05, 4.69) is 41.3 Å². The van der Waals surface area contributed by atoms with Crippen molar-refractivity contribution in [2.24, 2.45) is 4.99 Å². The van der Waals surface area contributed by atoms with Gasteiger partial charge in [-0.15, -0.1) is 24.0 Å². The summed E-state index contributed by atoms with van der Waals surface area (Å²) >= 11 is 0. The fraction of sp³-hybridized carbons (Fsp3) is 0.632. The van der Waals surface area contributed by atoms with Gasteiger partial charge in [-0.1, -0.05) is 13.8 Å². The summed E-state index contributed by atoms with van der Waals surface area (Å²) in [5, 5.41) is 6.66. The molecule has 0 aliphatic heterocycles. The van der Waals surface area contributed by atoms with E-state index in [9.17, 15) is 0 Å². The van der Waals surface area contributed by atoms with Crippen molar-refractivity contribution in [3.8, 4) is 17.2 Å². The zero-order chi connectivity index (χ0) is 19.4. The van der Waals surface area contributed by atoms with Crippen LogP contribution in [-0.2, 0) is 6.54 Å². The number of methoxy groups -OCH3 is 3. The van der Waals surface area contributed by atoms with Gasteiger partial charge in [-0.2, -0.15) is 0 Å². The van der Waals surface area contributed by atoms with E-state index in [0.717, 1.165) is 44.2 Å². The zero-order valence-corrected chi connectivity index (χ0v) is 19.8. The number of guanidine groups is 1. The summed E-state index contributed by atoms with van der Waals surface area (Å²) in [5.41, 5.74) is 0.987. The van der Waals surface area contributed by atoms with Gasteiger partial charge in [0, 0.05) is 19.6 Å². The molecule has 0 aromatic heterocycles. The summed E-state index contributed by atoms with van der Waals surface area (Å²) in [7, 11) is 4.83. The van der Waals surface area contributed by atoms with Gasteiger partial charge in [0.05, 0.1) is 27.9 Å². The van der Waals surface area contributed by atoms with E-state index < -0.39 is 0 Å². The molecule has 8 heteroatoms. The van der Waals surface area contributed by atoms with Gasteiger partial charge < -0.3 is 29.7 Å². The molecule has 0 fully saturated rings. The summed E-state index contributed by atoms with van der Waals surface area (Å²) < 4.78 is 16.2. The highest BCUT2D eigenvalue weighted by Gasteiger charge is 2.13. The first-order chi connectivity index (χ1) is 12.6. The van der Waals surface area contributed by atoms with Crippen LogP contribution in [-0.4, -0.2) is 64.9 Å². The quantitative estimate of drug-likeness (QED) is 0.280. The number of aliphatic imine (C=N–C) groups is 1. The Morgan fingerprint density at radius 3 is 2.00 bits per heavy atom. The van der Waals surface area contributed by atoms with E-state index in [-0.39, 0.29) is 24.0 Å². The Labute approximate surface area is 180 Å².